The molecule has 4 rings (SSSR count). The summed E-state index contributed by atoms with van der Waals surface area (Å²) in [6.07, 6.45) is 2.45. The van der Waals surface area contributed by atoms with Crippen LogP contribution in [0.4, 0.5) is 10.9 Å². The maximum Gasteiger partial charge on any atom is 0.290 e. The lowest BCUT2D eigenvalue weighted by molar-refractivity contribution is 0.0913. The van der Waals surface area contributed by atoms with Crippen LogP contribution >= 0.6 is 11.3 Å². The SMILES string of the molecule is O=C(NCc1csc(N2CCCC2)n1)c1cc(N2CCOCC2)no1. The summed E-state index contributed by atoms with van der Waals surface area (Å²) >= 11 is 1.63. The summed E-state index contributed by atoms with van der Waals surface area (Å²) < 4.78 is 10.5. The van der Waals surface area contributed by atoms with Crippen molar-refractivity contribution in [2.45, 2.75) is 19.4 Å². The van der Waals surface area contributed by atoms with Gasteiger partial charge >= 0.3 is 0 Å². The van der Waals surface area contributed by atoms with Gasteiger partial charge in [-0.2, -0.15) is 0 Å². The first kappa shape index (κ1) is 16.3. The standard InChI is InChI=1S/C16H21N5O3S/c22-15(13-9-14(19-24-13)20-5-7-23-8-6-20)17-10-12-11-25-16(18-12)21-3-1-2-4-21/h9,11H,1-8,10H2,(H,17,22). The molecule has 2 aliphatic rings. The number of rotatable bonds is 5. The Morgan fingerprint density at radius 3 is 2.80 bits per heavy atom. The van der Waals surface area contributed by atoms with Gasteiger partial charge in [0.25, 0.3) is 5.91 Å². The minimum Gasteiger partial charge on any atom is -0.378 e. The monoisotopic (exact) mass is 363 g/mol. The minimum atomic E-state index is -0.275. The summed E-state index contributed by atoms with van der Waals surface area (Å²) in [5.41, 5.74) is 0.869. The van der Waals surface area contributed by atoms with E-state index < -0.39 is 0 Å². The first-order valence-corrected chi connectivity index (χ1v) is 9.44. The Morgan fingerprint density at radius 2 is 2.00 bits per heavy atom. The first-order chi connectivity index (χ1) is 12.3. The fraction of sp³-hybridized carbons (Fsp3) is 0.562. The Labute approximate surface area is 149 Å². The van der Waals surface area contributed by atoms with Crippen LogP contribution in [-0.4, -0.2) is 55.4 Å². The van der Waals surface area contributed by atoms with Crippen molar-refractivity contribution in [2.75, 3.05) is 49.2 Å². The summed E-state index contributed by atoms with van der Waals surface area (Å²) in [7, 11) is 0. The Morgan fingerprint density at radius 1 is 1.20 bits per heavy atom. The number of morpholine rings is 1. The molecule has 4 heterocycles. The van der Waals surface area contributed by atoms with E-state index in [-0.39, 0.29) is 11.7 Å². The summed E-state index contributed by atoms with van der Waals surface area (Å²) in [5, 5.41) is 9.86. The molecule has 2 aromatic heterocycles. The summed E-state index contributed by atoms with van der Waals surface area (Å²) in [6, 6.07) is 1.68. The van der Waals surface area contributed by atoms with Gasteiger partial charge in [0.1, 0.15) is 0 Å². The molecule has 0 aliphatic carbocycles. The molecule has 134 valence electrons. The highest BCUT2D eigenvalue weighted by Gasteiger charge is 2.19. The summed E-state index contributed by atoms with van der Waals surface area (Å²) in [6.45, 7) is 5.37. The van der Waals surface area contributed by atoms with Crippen molar-refractivity contribution >= 4 is 28.2 Å². The molecule has 0 radical (unpaired) electrons. The van der Waals surface area contributed by atoms with Crippen LogP contribution in [-0.2, 0) is 11.3 Å². The lowest BCUT2D eigenvalue weighted by atomic mass is 10.3. The number of hydrogen-bond donors (Lipinski definition) is 1. The molecule has 0 unspecified atom stereocenters. The van der Waals surface area contributed by atoms with Gasteiger partial charge in [0.2, 0.25) is 5.76 Å². The zero-order chi connectivity index (χ0) is 17.1. The highest BCUT2D eigenvalue weighted by molar-refractivity contribution is 7.13. The number of anilines is 2. The number of carbonyl (C=O) groups excluding carboxylic acids is 1. The van der Waals surface area contributed by atoms with Gasteiger partial charge in [-0.05, 0) is 12.8 Å². The second-order valence-corrected chi connectivity index (χ2v) is 6.98. The van der Waals surface area contributed by atoms with Crippen LogP contribution in [0.1, 0.15) is 29.1 Å². The van der Waals surface area contributed by atoms with E-state index in [9.17, 15) is 4.79 Å². The van der Waals surface area contributed by atoms with Crippen LogP contribution in [0.15, 0.2) is 16.0 Å². The second kappa shape index (κ2) is 7.40. The molecule has 2 saturated heterocycles. The van der Waals surface area contributed by atoms with Crippen LogP contribution in [0.3, 0.4) is 0 Å². The van der Waals surface area contributed by atoms with Gasteiger partial charge in [-0.15, -0.1) is 11.3 Å². The van der Waals surface area contributed by atoms with Crippen molar-refractivity contribution in [3.63, 3.8) is 0 Å². The number of carbonyl (C=O) groups is 1. The van der Waals surface area contributed by atoms with Gasteiger partial charge in [-0.25, -0.2) is 4.98 Å². The van der Waals surface area contributed by atoms with E-state index >= 15 is 0 Å². The molecule has 2 aliphatic heterocycles. The third kappa shape index (κ3) is 3.77. The number of hydrogen-bond acceptors (Lipinski definition) is 8. The molecule has 25 heavy (non-hydrogen) atoms. The maximum absolute atomic E-state index is 12.3. The lowest BCUT2D eigenvalue weighted by Crippen LogP contribution is -2.36. The van der Waals surface area contributed by atoms with Gasteiger partial charge < -0.3 is 24.4 Å². The van der Waals surface area contributed by atoms with E-state index in [0.717, 1.165) is 37.0 Å². The quantitative estimate of drug-likeness (QED) is 0.862. The van der Waals surface area contributed by atoms with Crippen molar-refractivity contribution in [3.8, 4) is 0 Å². The molecule has 0 saturated carbocycles. The van der Waals surface area contributed by atoms with Crippen LogP contribution in [0.5, 0.6) is 0 Å². The fourth-order valence-corrected chi connectivity index (χ4v) is 3.88. The first-order valence-electron chi connectivity index (χ1n) is 8.56. The van der Waals surface area contributed by atoms with Crippen molar-refractivity contribution in [1.82, 2.24) is 15.5 Å². The largest absolute Gasteiger partial charge is 0.378 e. The van der Waals surface area contributed by atoms with Crippen LogP contribution in [0, 0.1) is 0 Å². The highest BCUT2D eigenvalue weighted by Crippen LogP contribution is 2.24. The summed E-state index contributed by atoms with van der Waals surface area (Å²) in [4.78, 5) is 21.2. The Kier molecular flexibility index (Phi) is 4.84. The van der Waals surface area contributed by atoms with Gasteiger partial charge in [-0.1, -0.05) is 5.16 Å². The highest BCUT2D eigenvalue weighted by atomic mass is 32.1. The third-order valence-corrected chi connectivity index (χ3v) is 5.35. The van der Waals surface area contributed by atoms with E-state index in [1.54, 1.807) is 17.4 Å². The molecule has 2 fully saturated rings. The average Bonchev–Trinajstić information content (AvgIpc) is 3.41. The average molecular weight is 363 g/mol. The normalized spacial score (nSPS) is 17.9. The number of thiazole rings is 1. The Bertz CT molecular complexity index is 719. The predicted octanol–water partition coefficient (Wildman–Crippen LogP) is 1.50. The molecule has 0 spiro atoms. The maximum atomic E-state index is 12.3. The van der Waals surface area contributed by atoms with Crippen LogP contribution in [0.25, 0.3) is 0 Å². The van der Waals surface area contributed by atoms with E-state index in [1.165, 1.54) is 12.8 Å². The van der Waals surface area contributed by atoms with Gasteiger partial charge in [0.05, 0.1) is 25.5 Å². The molecule has 1 amide bonds. The molecule has 1 N–H and O–H groups in total. The molecule has 2 aromatic rings. The molecule has 8 nitrogen and oxygen atoms in total. The molecule has 0 atom stereocenters. The molecular formula is C16H21N5O3S. The van der Waals surface area contributed by atoms with Crippen molar-refractivity contribution in [2.24, 2.45) is 0 Å². The van der Waals surface area contributed by atoms with Crippen molar-refractivity contribution in [3.05, 3.63) is 22.9 Å². The zero-order valence-corrected chi connectivity index (χ0v) is 14.8. The van der Waals surface area contributed by atoms with Crippen molar-refractivity contribution < 1.29 is 14.1 Å². The van der Waals surface area contributed by atoms with Gasteiger partial charge in [0, 0.05) is 37.6 Å². The Balaban J connectivity index is 1.32. The fourth-order valence-electron chi connectivity index (χ4n) is 3.00. The van der Waals surface area contributed by atoms with Gasteiger partial charge in [-0.3, -0.25) is 4.79 Å². The lowest BCUT2D eigenvalue weighted by Gasteiger charge is -2.25. The van der Waals surface area contributed by atoms with E-state index in [0.29, 0.717) is 25.6 Å². The second-order valence-electron chi connectivity index (χ2n) is 6.15. The number of nitrogens with zero attached hydrogens (tertiary/aromatic N) is 4. The van der Waals surface area contributed by atoms with Crippen LogP contribution in [0.2, 0.25) is 0 Å². The molecule has 9 heteroatoms. The van der Waals surface area contributed by atoms with Crippen molar-refractivity contribution in [1.29, 1.82) is 0 Å². The zero-order valence-electron chi connectivity index (χ0n) is 13.9. The number of aromatic nitrogens is 2. The molecular weight excluding hydrogens is 342 g/mol. The predicted molar refractivity (Wildman–Crippen MR) is 94.3 cm³/mol. The third-order valence-electron chi connectivity index (χ3n) is 4.40. The van der Waals surface area contributed by atoms with E-state index in [2.05, 4.69) is 20.4 Å². The van der Waals surface area contributed by atoms with E-state index in [1.807, 2.05) is 10.3 Å². The number of amides is 1. The van der Waals surface area contributed by atoms with Crippen LogP contribution < -0.4 is 15.1 Å². The topological polar surface area (TPSA) is 83.7 Å². The molecule has 0 bridgehead atoms. The minimum absolute atomic E-state index is 0.219. The Hall–Kier alpha value is -2.13. The molecule has 0 aromatic carbocycles. The number of nitrogens with one attached hydrogen (secondary N) is 1. The van der Waals surface area contributed by atoms with Gasteiger partial charge in [0.15, 0.2) is 10.9 Å². The van der Waals surface area contributed by atoms with E-state index in [4.69, 9.17) is 9.26 Å². The smallest absolute Gasteiger partial charge is 0.290 e. The summed E-state index contributed by atoms with van der Waals surface area (Å²) in [5.74, 6) is 0.623. The number of ether oxygens (including phenoxy) is 1.